The van der Waals surface area contributed by atoms with Gasteiger partial charge in [0.05, 0.1) is 12.1 Å². The number of rotatable bonds is 3. The number of alkyl halides is 3. The molecule has 1 aromatic heterocycles. The molecule has 29 heavy (non-hydrogen) atoms. The predicted molar refractivity (Wildman–Crippen MR) is 104 cm³/mol. The van der Waals surface area contributed by atoms with Crippen LogP contribution in [0.25, 0.3) is 21.9 Å². The summed E-state index contributed by atoms with van der Waals surface area (Å²) in [5, 5.41) is 0.881. The first-order valence-electron chi connectivity index (χ1n) is 8.88. The first-order valence-corrected chi connectivity index (χ1v) is 8.88. The van der Waals surface area contributed by atoms with Gasteiger partial charge in [-0.3, -0.25) is 4.79 Å². The average molecular weight is 397 g/mol. The molecule has 4 rings (SSSR count). The van der Waals surface area contributed by atoms with E-state index in [1.54, 1.807) is 36.4 Å². The summed E-state index contributed by atoms with van der Waals surface area (Å²) >= 11 is 0. The molecule has 0 aliphatic heterocycles. The van der Waals surface area contributed by atoms with Crippen molar-refractivity contribution in [1.82, 2.24) is 4.57 Å². The van der Waals surface area contributed by atoms with E-state index in [-0.39, 0.29) is 17.7 Å². The summed E-state index contributed by atoms with van der Waals surface area (Å²) < 4.78 is 55.2. The number of aromatic nitrogens is 1. The SMILES string of the molecule is O=c1c2ccc(-c3ccccc3C(F)(F)F)cc2ccn1Cc1ccccc1F. The molecule has 0 atom stereocenters. The minimum absolute atomic E-state index is 0.0532. The van der Waals surface area contributed by atoms with E-state index in [4.69, 9.17) is 0 Å². The molecular weight excluding hydrogens is 382 g/mol. The number of benzene rings is 3. The zero-order chi connectivity index (χ0) is 20.6. The Labute approximate surface area is 163 Å². The lowest BCUT2D eigenvalue weighted by molar-refractivity contribution is -0.137. The minimum atomic E-state index is -4.48. The fourth-order valence-corrected chi connectivity index (χ4v) is 3.37. The quantitative estimate of drug-likeness (QED) is 0.396. The van der Waals surface area contributed by atoms with Crippen LogP contribution in [0.3, 0.4) is 0 Å². The zero-order valence-electron chi connectivity index (χ0n) is 15.1. The minimum Gasteiger partial charge on any atom is -0.310 e. The molecule has 0 N–H and O–H groups in total. The van der Waals surface area contributed by atoms with Gasteiger partial charge >= 0.3 is 6.18 Å². The van der Waals surface area contributed by atoms with Gasteiger partial charge in [-0.2, -0.15) is 13.2 Å². The van der Waals surface area contributed by atoms with Crippen LogP contribution in [-0.2, 0) is 12.7 Å². The fourth-order valence-electron chi connectivity index (χ4n) is 3.37. The van der Waals surface area contributed by atoms with Crippen LogP contribution in [0.5, 0.6) is 0 Å². The van der Waals surface area contributed by atoms with E-state index >= 15 is 0 Å². The molecule has 0 saturated heterocycles. The Balaban J connectivity index is 1.78. The smallest absolute Gasteiger partial charge is 0.310 e. The van der Waals surface area contributed by atoms with Crippen molar-refractivity contribution in [3.63, 3.8) is 0 Å². The molecule has 1 heterocycles. The van der Waals surface area contributed by atoms with Crippen LogP contribution in [0.15, 0.2) is 83.8 Å². The van der Waals surface area contributed by atoms with Crippen molar-refractivity contribution in [2.24, 2.45) is 0 Å². The van der Waals surface area contributed by atoms with Gasteiger partial charge in [0.15, 0.2) is 0 Å². The van der Waals surface area contributed by atoms with Crippen LogP contribution in [0.4, 0.5) is 17.6 Å². The topological polar surface area (TPSA) is 22.0 Å². The van der Waals surface area contributed by atoms with E-state index in [2.05, 4.69) is 0 Å². The second-order valence-electron chi connectivity index (χ2n) is 6.69. The van der Waals surface area contributed by atoms with E-state index in [1.807, 2.05) is 0 Å². The zero-order valence-corrected chi connectivity index (χ0v) is 15.1. The largest absolute Gasteiger partial charge is 0.417 e. The Kier molecular flexibility index (Phi) is 4.70. The van der Waals surface area contributed by atoms with Crippen molar-refractivity contribution in [2.75, 3.05) is 0 Å². The van der Waals surface area contributed by atoms with Crippen molar-refractivity contribution in [1.29, 1.82) is 0 Å². The summed E-state index contributed by atoms with van der Waals surface area (Å²) in [5.74, 6) is -0.404. The molecule has 0 bridgehead atoms. The maximum absolute atomic E-state index is 13.9. The highest BCUT2D eigenvalue weighted by molar-refractivity contribution is 5.87. The van der Waals surface area contributed by atoms with Crippen LogP contribution in [0, 0.1) is 5.82 Å². The summed E-state index contributed by atoms with van der Waals surface area (Å²) in [6.07, 6.45) is -2.95. The molecule has 4 aromatic rings. The lowest BCUT2D eigenvalue weighted by atomic mass is 9.97. The molecule has 0 fully saturated rings. The van der Waals surface area contributed by atoms with E-state index < -0.39 is 17.6 Å². The van der Waals surface area contributed by atoms with E-state index in [9.17, 15) is 22.4 Å². The lowest BCUT2D eigenvalue weighted by Crippen LogP contribution is -2.20. The first kappa shape index (κ1) is 18.9. The van der Waals surface area contributed by atoms with Crippen LogP contribution in [-0.4, -0.2) is 4.57 Å². The normalized spacial score (nSPS) is 11.7. The summed E-state index contributed by atoms with van der Waals surface area (Å²) in [6, 6.07) is 17.7. The standard InChI is InChI=1S/C23H15F4NO/c24-21-8-4-1-5-17(21)14-28-12-11-16-13-15(9-10-19(16)22(28)29)18-6-2-3-7-20(18)23(25,26)27/h1-13H,14H2. The van der Waals surface area contributed by atoms with Crippen LogP contribution >= 0.6 is 0 Å². The fraction of sp³-hybridized carbons (Fsp3) is 0.0870. The molecule has 0 spiro atoms. The Hall–Kier alpha value is -3.41. The third-order valence-electron chi connectivity index (χ3n) is 4.82. The molecule has 6 heteroatoms. The van der Waals surface area contributed by atoms with Gasteiger partial charge in [0, 0.05) is 17.1 Å². The second kappa shape index (κ2) is 7.20. The maximum atomic E-state index is 13.9. The predicted octanol–water partition coefficient (Wildman–Crippen LogP) is 5.87. The van der Waals surface area contributed by atoms with Crippen molar-refractivity contribution in [2.45, 2.75) is 12.7 Å². The summed E-state index contributed by atoms with van der Waals surface area (Å²) in [4.78, 5) is 12.8. The lowest BCUT2D eigenvalue weighted by Gasteiger charge is -2.14. The van der Waals surface area contributed by atoms with Gasteiger partial charge in [-0.15, -0.1) is 0 Å². The monoisotopic (exact) mass is 397 g/mol. The Morgan fingerprint density at radius 1 is 0.862 bits per heavy atom. The molecule has 3 aromatic carbocycles. The summed E-state index contributed by atoms with van der Waals surface area (Å²) in [5.41, 5.74) is -0.257. The van der Waals surface area contributed by atoms with Gasteiger partial charge in [-0.05, 0) is 46.8 Å². The van der Waals surface area contributed by atoms with Gasteiger partial charge in [-0.1, -0.05) is 42.5 Å². The van der Waals surface area contributed by atoms with E-state index in [0.29, 0.717) is 21.9 Å². The van der Waals surface area contributed by atoms with Gasteiger partial charge in [0.25, 0.3) is 5.56 Å². The number of hydrogen-bond donors (Lipinski definition) is 0. The third-order valence-corrected chi connectivity index (χ3v) is 4.82. The molecule has 0 aliphatic carbocycles. The summed E-state index contributed by atoms with van der Waals surface area (Å²) in [6.45, 7) is 0.0695. The Bertz CT molecular complexity index is 1260. The number of nitrogens with zero attached hydrogens (tertiary/aromatic N) is 1. The Morgan fingerprint density at radius 3 is 2.34 bits per heavy atom. The maximum Gasteiger partial charge on any atom is 0.417 e. The molecule has 0 radical (unpaired) electrons. The molecule has 0 saturated carbocycles. The van der Waals surface area contributed by atoms with Crippen molar-refractivity contribution in [3.05, 3.63) is 106 Å². The number of halogens is 4. The van der Waals surface area contributed by atoms with Crippen molar-refractivity contribution in [3.8, 4) is 11.1 Å². The molecule has 0 unspecified atom stereocenters. The van der Waals surface area contributed by atoms with Gasteiger partial charge < -0.3 is 4.57 Å². The number of hydrogen-bond acceptors (Lipinski definition) is 1. The molecule has 2 nitrogen and oxygen atoms in total. The highest BCUT2D eigenvalue weighted by Crippen LogP contribution is 2.37. The second-order valence-corrected chi connectivity index (χ2v) is 6.69. The molecule has 0 amide bonds. The van der Waals surface area contributed by atoms with Crippen LogP contribution < -0.4 is 5.56 Å². The third kappa shape index (κ3) is 3.66. The average Bonchev–Trinajstić information content (AvgIpc) is 2.71. The highest BCUT2D eigenvalue weighted by atomic mass is 19.4. The Morgan fingerprint density at radius 2 is 1.59 bits per heavy atom. The summed E-state index contributed by atoms with van der Waals surface area (Å²) in [7, 11) is 0. The van der Waals surface area contributed by atoms with Crippen LogP contribution in [0.1, 0.15) is 11.1 Å². The number of fused-ring (bicyclic) bond motifs is 1. The molecular formula is C23H15F4NO. The highest BCUT2D eigenvalue weighted by Gasteiger charge is 2.33. The van der Waals surface area contributed by atoms with Gasteiger partial charge in [0.2, 0.25) is 0 Å². The van der Waals surface area contributed by atoms with E-state index in [1.165, 1.54) is 41.1 Å². The van der Waals surface area contributed by atoms with Crippen molar-refractivity contribution < 1.29 is 17.6 Å². The van der Waals surface area contributed by atoms with Gasteiger partial charge in [0.1, 0.15) is 5.82 Å². The van der Waals surface area contributed by atoms with Crippen molar-refractivity contribution >= 4 is 10.8 Å². The molecule has 146 valence electrons. The van der Waals surface area contributed by atoms with Crippen LogP contribution in [0.2, 0.25) is 0 Å². The van der Waals surface area contributed by atoms with E-state index in [0.717, 1.165) is 6.07 Å². The molecule has 0 aliphatic rings. The van der Waals surface area contributed by atoms with Gasteiger partial charge in [-0.25, -0.2) is 4.39 Å². The first-order chi connectivity index (χ1) is 13.8. The number of pyridine rings is 1.